The van der Waals surface area contributed by atoms with E-state index in [1.165, 1.54) is 24.0 Å². The molecular formula is C21H33N3O2. The van der Waals surface area contributed by atoms with Crippen molar-refractivity contribution in [3.8, 4) is 0 Å². The summed E-state index contributed by atoms with van der Waals surface area (Å²) in [7, 11) is 0. The topological polar surface area (TPSA) is 54.9 Å². The highest BCUT2D eigenvalue weighted by atomic mass is 16.5. The molecule has 2 aliphatic rings. The minimum atomic E-state index is 0.249. The summed E-state index contributed by atoms with van der Waals surface area (Å²) in [5, 5.41) is 6.80. The van der Waals surface area contributed by atoms with Crippen molar-refractivity contribution in [1.82, 2.24) is 10.6 Å². The number of rotatable bonds is 9. The van der Waals surface area contributed by atoms with Crippen molar-refractivity contribution < 1.29 is 9.47 Å². The first-order valence-corrected chi connectivity index (χ1v) is 10.0. The molecule has 3 rings (SSSR count). The highest BCUT2D eigenvalue weighted by Crippen LogP contribution is 2.49. The second-order valence-electron chi connectivity index (χ2n) is 7.43. The molecule has 0 spiro atoms. The molecule has 5 nitrogen and oxygen atoms in total. The molecule has 0 radical (unpaired) electrons. The maximum absolute atomic E-state index is 5.81. The van der Waals surface area contributed by atoms with Gasteiger partial charge in [-0.15, -0.1) is 0 Å². The van der Waals surface area contributed by atoms with E-state index < -0.39 is 0 Å². The van der Waals surface area contributed by atoms with Gasteiger partial charge in [-0.05, 0) is 50.7 Å². The summed E-state index contributed by atoms with van der Waals surface area (Å²) < 4.78 is 11.1. The third-order valence-corrected chi connectivity index (χ3v) is 5.31. The summed E-state index contributed by atoms with van der Waals surface area (Å²) in [5.74, 6) is 0.913. The van der Waals surface area contributed by atoms with Crippen molar-refractivity contribution in [3.63, 3.8) is 0 Å². The van der Waals surface area contributed by atoms with Crippen LogP contribution in [0.3, 0.4) is 0 Å². The van der Waals surface area contributed by atoms with Crippen LogP contribution in [0.4, 0.5) is 0 Å². The molecule has 1 unspecified atom stereocenters. The van der Waals surface area contributed by atoms with Gasteiger partial charge in [0, 0.05) is 31.7 Å². The van der Waals surface area contributed by atoms with E-state index in [0.29, 0.717) is 6.10 Å². The Morgan fingerprint density at radius 1 is 1.31 bits per heavy atom. The molecule has 2 fully saturated rings. The monoisotopic (exact) mass is 359 g/mol. The molecule has 0 amide bonds. The quantitative estimate of drug-likeness (QED) is 0.404. The summed E-state index contributed by atoms with van der Waals surface area (Å²) in [6.07, 6.45) is 4.76. The van der Waals surface area contributed by atoms with Crippen LogP contribution in [0.25, 0.3) is 0 Å². The first-order valence-electron chi connectivity index (χ1n) is 10.0. The van der Waals surface area contributed by atoms with Crippen LogP contribution in [-0.4, -0.2) is 51.5 Å². The summed E-state index contributed by atoms with van der Waals surface area (Å²) in [6.45, 7) is 9.26. The largest absolute Gasteiger partial charge is 0.379 e. The first kappa shape index (κ1) is 19.2. The van der Waals surface area contributed by atoms with Gasteiger partial charge in [-0.3, -0.25) is 4.99 Å². The van der Waals surface area contributed by atoms with E-state index in [2.05, 4.69) is 48.7 Å². The maximum atomic E-state index is 5.81. The molecular weight excluding hydrogens is 326 g/mol. The predicted octanol–water partition coefficient (Wildman–Crippen LogP) is 2.78. The molecule has 1 heterocycles. The van der Waals surface area contributed by atoms with Gasteiger partial charge in [0.1, 0.15) is 0 Å². The van der Waals surface area contributed by atoms with Gasteiger partial charge in [0.15, 0.2) is 5.96 Å². The van der Waals surface area contributed by atoms with Crippen LogP contribution in [0, 0.1) is 6.92 Å². The van der Waals surface area contributed by atoms with E-state index in [4.69, 9.17) is 14.5 Å². The number of aliphatic imine (C=N–C) groups is 1. The molecule has 1 atom stereocenters. The van der Waals surface area contributed by atoms with Gasteiger partial charge < -0.3 is 20.1 Å². The SMILES string of the molecule is CCNC(=NCC1(c2ccccc2C)CC1)NCCCOC1CCOC1. The van der Waals surface area contributed by atoms with Crippen LogP contribution in [-0.2, 0) is 14.9 Å². The molecule has 0 aromatic heterocycles. The second kappa shape index (κ2) is 9.38. The van der Waals surface area contributed by atoms with E-state index in [9.17, 15) is 0 Å². The fraction of sp³-hybridized carbons (Fsp3) is 0.667. The zero-order valence-corrected chi connectivity index (χ0v) is 16.2. The lowest BCUT2D eigenvalue weighted by molar-refractivity contribution is 0.0420. The minimum Gasteiger partial charge on any atom is -0.379 e. The number of nitrogens with zero attached hydrogens (tertiary/aromatic N) is 1. The van der Waals surface area contributed by atoms with Crippen LogP contribution in [0.5, 0.6) is 0 Å². The van der Waals surface area contributed by atoms with Crippen LogP contribution in [0.15, 0.2) is 29.3 Å². The van der Waals surface area contributed by atoms with Gasteiger partial charge in [-0.1, -0.05) is 24.3 Å². The van der Waals surface area contributed by atoms with E-state index in [-0.39, 0.29) is 5.41 Å². The number of hydrogen-bond acceptors (Lipinski definition) is 3. The van der Waals surface area contributed by atoms with Crippen molar-refractivity contribution in [2.24, 2.45) is 4.99 Å². The van der Waals surface area contributed by atoms with Gasteiger partial charge in [0.05, 0.1) is 19.3 Å². The van der Waals surface area contributed by atoms with E-state index in [1.807, 2.05) is 0 Å². The highest BCUT2D eigenvalue weighted by molar-refractivity contribution is 5.79. The third-order valence-electron chi connectivity index (χ3n) is 5.31. The van der Waals surface area contributed by atoms with E-state index in [0.717, 1.165) is 58.3 Å². The molecule has 1 aromatic carbocycles. The molecule has 1 saturated heterocycles. The molecule has 144 valence electrons. The fourth-order valence-electron chi connectivity index (χ4n) is 3.58. The zero-order valence-electron chi connectivity index (χ0n) is 16.2. The molecule has 2 N–H and O–H groups in total. The normalized spacial score (nSPS) is 21.6. The van der Waals surface area contributed by atoms with E-state index in [1.54, 1.807) is 0 Å². The van der Waals surface area contributed by atoms with Crippen molar-refractivity contribution in [2.45, 2.75) is 51.0 Å². The third kappa shape index (κ3) is 5.21. The van der Waals surface area contributed by atoms with Gasteiger partial charge >= 0.3 is 0 Å². The Hall–Kier alpha value is -1.59. The predicted molar refractivity (Wildman–Crippen MR) is 106 cm³/mol. The summed E-state index contributed by atoms with van der Waals surface area (Å²) in [5.41, 5.74) is 3.09. The first-order chi connectivity index (χ1) is 12.7. The number of guanidine groups is 1. The molecule has 26 heavy (non-hydrogen) atoms. The Labute approximate surface area is 157 Å². The molecule has 0 bridgehead atoms. The van der Waals surface area contributed by atoms with Crippen molar-refractivity contribution in [1.29, 1.82) is 0 Å². The van der Waals surface area contributed by atoms with Crippen LogP contribution in [0.1, 0.15) is 43.7 Å². The number of ether oxygens (including phenoxy) is 2. The van der Waals surface area contributed by atoms with Gasteiger partial charge in [0.25, 0.3) is 0 Å². The summed E-state index contributed by atoms with van der Waals surface area (Å²) in [6, 6.07) is 8.73. The maximum Gasteiger partial charge on any atom is 0.191 e. The van der Waals surface area contributed by atoms with Gasteiger partial charge in [0.2, 0.25) is 0 Å². The lowest BCUT2D eigenvalue weighted by Gasteiger charge is -2.18. The van der Waals surface area contributed by atoms with Gasteiger partial charge in [-0.2, -0.15) is 0 Å². The Kier molecular flexibility index (Phi) is 6.92. The van der Waals surface area contributed by atoms with Crippen molar-refractivity contribution in [3.05, 3.63) is 35.4 Å². The number of benzene rings is 1. The minimum absolute atomic E-state index is 0.249. The molecule has 1 aliphatic carbocycles. The van der Waals surface area contributed by atoms with Crippen LogP contribution < -0.4 is 10.6 Å². The molecule has 5 heteroatoms. The average molecular weight is 360 g/mol. The summed E-state index contributed by atoms with van der Waals surface area (Å²) in [4.78, 5) is 4.87. The van der Waals surface area contributed by atoms with E-state index >= 15 is 0 Å². The van der Waals surface area contributed by atoms with Crippen molar-refractivity contribution >= 4 is 5.96 Å². The number of aryl methyl sites for hydroxylation is 1. The Balaban J connectivity index is 1.45. The standard InChI is InChI=1S/C21H33N3O2/c1-3-22-20(23-12-6-13-26-18-9-14-25-15-18)24-16-21(10-11-21)19-8-5-4-7-17(19)2/h4-5,7-8,18H,3,6,9-16H2,1-2H3,(H2,22,23,24). The molecule has 1 saturated carbocycles. The molecule has 1 aromatic rings. The second-order valence-corrected chi connectivity index (χ2v) is 7.43. The Bertz CT molecular complexity index is 593. The molecule has 1 aliphatic heterocycles. The summed E-state index contributed by atoms with van der Waals surface area (Å²) >= 11 is 0. The van der Waals surface area contributed by atoms with Gasteiger partial charge in [-0.25, -0.2) is 0 Å². The zero-order chi connectivity index (χ0) is 18.2. The van der Waals surface area contributed by atoms with Crippen LogP contribution in [0.2, 0.25) is 0 Å². The number of hydrogen-bond donors (Lipinski definition) is 2. The van der Waals surface area contributed by atoms with Crippen LogP contribution >= 0.6 is 0 Å². The number of nitrogens with one attached hydrogen (secondary N) is 2. The lowest BCUT2D eigenvalue weighted by atomic mass is 9.92. The average Bonchev–Trinajstić information content (AvgIpc) is 3.25. The van der Waals surface area contributed by atoms with Crippen molar-refractivity contribution in [2.75, 3.05) is 39.5 Å². The lowest BCUT2D eigenvalue weighted by Crippen LogP contribution is -2.38. The highest BCUT2D eigenvalue weighted by Gasteiger charge is 2.44. The fourth-order valence-corrected chi connectivity index (χ4v) is 3.58. The smallest absolute Gasteiger partial charge is 0.191 e. The Morgan fingerprint density at radius 2 is 2.15 bits per heavy atom. The Morgan fingerprint density at radius 3 is 2.85 bits per heavy atom.